The van der Waals surface area contributed by atoms with Gasteiger partial charge in [-0.1, -0.05) is 33.1 Å². The summed E-state index contributed by atoms with van der Waals surface area (Å²) >= 11 is 0. The van der Waals surface area contributed by atoms with E-state index in [9.17, 15) is 9.59 Å². The van der Waals surface area contributed by atoms with Crippen LogP contribution < -0.4 is 0 Å². The first-order chi connectivity index (χ1) is 17.3. The summed E-state index contributed by atoms with van der Waals surface area (Å²) in [6.07, 6.45) is 3.47. The lowest BCUT2D eigenvalue weighted by molar-refractivity contribution is -0.180. The number of carbonyl (C=O) groups excluding carboxylic acids is 2. The molecule has 3 nitrogen and oxygen atoms in total. The van der Waals surface area contributed by atoms with Crippen molar-refractivity contribution in [3.63, 3.8) is 0 Å². The second-order valence-electron chi connectivity index (χ2n) is 10.3. The van der Waals surface area contributed by atoms with Crippen molar-refractivity contribution in [2.75, 3.05) is 0 Å². The molecule has 29 heavy (non-hydrogen) atoms. The highest BCUT2D eigenvalue weighted by atomic mass is 16.6. The SMILES string of the molecule is [2H]C([2H])([2H])[C@]12CC[C@H]3[C@@H](CCC4=CC(=O)CC[C@@]43C([2H])([2H])[2H])[C@@H]1CC[C@@]2(OC(=O)CCC(C)C)C([2H])([2H])[2H]. The Hall–Kier alpha value is -1.12. The van der Waals surface area contributed by atoms with E-state index in [1.165, 1.54) is 6.08 Å². The van der Waals surface area contributed by atoms with E-state index < -0.39 is 54.8 Å². The number of hydrogen-bond donors (Lipinski definition) is 0. The molecule has 0 aromatic rings. The van der Waals surface area contributed by atoms with E-state index in [-0.39, 0.29) is 62.6 Å². The standard InChI is InChI=1S/C26H40O3/c1-17(2)6-9-23(28)29-26(5)15-12-22-20-8-7-18-16-19(27)10-13-24(18,3)21(20)11-14-25(22,26)4/h16-17,20-22H,6-15H2,1-5H3/t20-,21+,22+,24+,25+,26+/m1/s1/i3D3,4D3,5D3. The van der Waals surface area contributed by atoms with Gasteiger partial charge in [-0.3, -0.25) is 9.59 Å². The minimum atomic E-state index is -2.87. The molecule has 0 N–H and O–H groups in total. The number of allylic oxidation sites excluding steroid dienone is 1. The van der Waals surface area contributed by atoms with Crippen LogP contribution in [0.4, 0.5) is 0 Å². The van der Waals surface area contributed by atoms with Crippen LogP contribution in [0.1, 0.15) is 111 Å². The van der Waals surface area contributed by atoms with Crippen LogP contribution in [-0.4, -0.2) is 17.4 Å². The van der Waals surface area contributed by atoms with Gasteiger partial charge in [0, 0.05) is 30.6 Å². The molecule has 3 saturated carbocycles. The number of hydrogen-bond acceptors (Lipinski definition) is 3. The molecule has 0 amide bonds. The van der Waals surface area contributed by atoms with Crippen LogP contribution >= 0.6 is 0 Å². The zero-order chi connectivity index (χ0) is 28.5. The minimum absolute atomic E-state index is 0.00758. The summed E-state index contributed by atoms with van der Waals surface area (Å²) in [7, 11) is 0. The first kappa shape index (κ1) is 12.7. The molecule has 3 heteroatoms. The molecule has 0 spiro atoms. The molecule has 4 aliphatic carbocycles. The zero-order valence-electron chi connectivity index (χ0n) is 26.7. The van der Waals surface area contributed by atoms with Gasteiger partial charge >= 0.3 is 5.97 Å². The molecule has 0 saturated heterocycles. The highest BCUT2D eigenvalue weighted by molar-refractivity contribution is 5.91. The fraction of sp³-hybridized carbons (Fsp3) is 0.846. The quantitative estimate of drug-likeness (QED) is 0.515. The summed E-state index contributed by atoms with van der Waals surface area (Å²) in [5.74, 6) is -1.97. The summed E-state index contributed by atoms with van der Waals surface area (Å²) in [6.45, 7) is -4.11. The lowest BCUT2D eigenvalue weighted by Gasteiger charge is -2.59. The maximum atomic E-state index is 13.0. The first-order valence-electron chi connectivity index (χ1n) is 15.8. The molecule has 6 atom stereocenters. The van der Waals surface area contributed by atoms with Crippen molar-refractivity contribution in [1.29, 1.82) is 0 Å². The predicted octanol–water partition coefficient (Wildman–Crippen LogP) is 6.26. The van der Waals surface area contributed by atoms with Crippen LogP contribution in [0.15, 0.2) is 11.6 Å². The Bertz CT molecular complexity index is 995. The summed E-state index contributed by atoms with van der Waals surface area (Å²) in [4.78, 5) is 25.3. The largest absolute Gasteiger partial charge is 0.459 e. The molecule has 0 aromatic carbocycles. The summed E-state index contributed by atoms with van der Waals surface area (Å²) in [5, 5.41) is 0. The first-order valence-corrected chi connectivity index (χ1v) is 11.3. The summed E-state index contributed by atoms with van der Waals surface area (Å²) < 4.78 is 83.2. The van der Waals surface area contributed by atoms with Crippen molar-refractivity contribution in [3.05, 3.63) is 11.6 Å². The predicted molar refractivity (Wildman–Crippen MR) is 115 cm³/mol. The maximum Gasteiger partial charge on any atom is 0.306 e. The van der Waals surface area contributed by atoms with Gasteiger partial charge < -0.3 is 4.74 Å². The van der Waals surface area contributed by atoms with Gasteiger partial charge in [0.25, 0.3) is 0 Å². The Morgan fingerprint density at radius 1 is 1.14 bits per heavy atom. The lowest BCUT2D eigenvalue weighted by Crippen LogP contribution is -2.55. The van der Waals surface area contributed by atoms with Crippen molar-refractivity contribution < 1.29 is 26.7 Å². The van der Waals surface area contributed by atoms with Gasteiger partial charge in [-0.25, -0.2) is 0 Å². The molecule has 0 unspecified atom stereocenters. The van der Waals surface area contributed by atoms with Crippen molar-refractivity contribution in [2.24, 2.45) is 34.5 Å². The van der Waals surface area contributed by atoms with E-state index in [0.717, 1.165) is 0 Å². The molecule has 162 valence electrons. The third-order valence-corrected chi connectivity index (χ3v) is 8.31. The fourth-order valence-electron chi connectivity index (χ4n) is 6.70. The normalized spacial score (nSPS) is 49.9. The molecular weight excluding hydrogens is 360 g/mol. The molecule has 4 rings (SSSR count). The maximum absolute atomic E-state index is 13.0. The summed E-state index contributed by atoms with van der Waals surface area (Å²) in [5.41, 5.74) is -4.55. The van der Waals surface area contributed by atoms with Crippen molar-refractivity contribution in [3.8, 4) is 0 Å². The number of ether oxygens (including phenoxy) is 1. The second-order valence-corrected chi connectivity index (χ2v) is 10.3. The van der Waals surface area contributed by atoms with Crippen molar-refractivity contribution in [2.45, 2.75) is 104 Å². The molecule has 0 bridgehead atoms. The monoisotopic (exact) mass is 409 g/mol. The van der Waals surface area contributed by atoms with Crippen molar-refractivity contribution >= 4 is 11.8 Å². The Morgan fingerprint density at radius 3 is 2.69 bits per heavy atom. The van der Waals surface area contributed by atoms with Gasteiger partial charge in [0.05, 0.1) is 0 Å². The van der Waals surface area contributed by atoms with E-state index in [0.29, 0.717) is 24.8 Å². The van der Waals surface area contributed by atoms with Crippen LogP contribution in [0, 0.1) is 34.5 Å². The number of ketones is 1. The average Bonchev–Trinajstić information content (AvgIpc) is 3.13. The Balaban J connectivity index is 1.82. The smallest absolute Gasteiger partial charge is 0.306 e. The number of esters is 1. The van der Waals surface area contributed by atoms with Gasteiger partial charge in [-0.2, -0.15) is 0 Å². The average molecular weight is 410 g/mol. The fourth-order valence-corrected chi connectivity index (χ4v) is 6.70. The van der Waals surface area contributed by atoms with E-state index in [1.807, 2.05) is 13.8 Å². The van der Waals surface area contributed by atoms with Crippen LogP contribution in [-0.2, 0) is 14.3 Å². The van der Waals surface area contributed by atoms with Crippen LogP contribution in [0.25, 0.3) is 0 Å². The van der Waals surface area contributed by atoms with Gasteiger partial charge in [-0.05, 0) is 93.4 Å². The van der Waals surface area contributed by atoms with Gasteiger partial charge in [0.15, 0.2) is 5.78 Å². The number of fused-ring (bicyclic) bond motifs is 5. The van der Waals surface area contributed by atoms with Gasteiger partial charge in [0.2, 0.25) is 0 Å². The molecule has 0 aliphatic heterocycles. The third-order valence-electron chi connectivity index (χ3n) is 8.31. The number of rotatable bonds is 4. The van der Waals surface area contributed by atoms with Crippen molar-refractivity contribution in [1.82, 2.24) is 0 Å². The Labute approximate surface area is 189 Å². The van der Waals surface area contributed by atoms with Gasteiger partial charge in [-0.15, -0.1) is 0 Å². The molecule has 4 aliphatic rings. The topological polar surface area (TPSA) is 43.4 Å². The summed E-state index contributed by atoms with van der Waals surface area (Å²) in [6, 6.07) is 0. The van der Waals surface area contributed by atoms with E-state index in [1.54, 1.807) is 0 Å². The molecule has 0 aromatic heterocycles. The van der Waals surface area contributed by atoms with Crippen LogP contribution in [0.2, 0.25) is 0 Å². The van der Waals surface area contributed by atoms with E-state index in [4.69, 9.17) is 17.1 Å². The lowest BCUT2D eigenvalue weighted by atomic mass is 9.46. The Morgan fingerprint density at radius 2 is 1.97 bits per heavy atom. The third kappa shape index (κ3) is 3.31. The van der Waals surface area contributed by atoms with Crippen LogP contribution in [0.3, 0.4) is 0 Å². The molecule has 3 fully saturated rings. The molecular formula is C26H40O3. The van der Waals surface area contributed by atoms with E-state index in [2.05, 4.69) is 0 Å². The zero-order valence-corrected chi connectivity index (χ0v) is 17.7. The highest BCUT2D eigenvalue weighted by Gasteiger charge is 2.64. The molecule has 0 heterocycles. The Kier molecular flexibility index (Phi) is 3.16. The molecule has 0 radical (unpaired) electrons. The second kappa shape index (κ2) is 7.24. The highest BCUT2D eigenvalue weighted by Crippen LogP contribution is 2.68. The number of carbonyl (C=O) groups is 2. The van der Waals surface area contributed by atoms with E-state index >= 15 is 0 Å². The minimum Gasteiger partial charge on any atom is -0.459 e. The van der Waals surface area contributed by atoms with Gasteiger partial charge in [0.1, 0.15) is 5.60 Å². The van der Waals surface area contributed by atoms with Crippen LogP contribution in [0.5, 0.6) is 0 Å².